The van der Waals surface area contributed by atoms with E-state index in [4.69, 9.17) is 0 Å². The van der Waals surface area contributed by atoms with E-state index in [9.17, 15) is 13.5 Å². The molecule has 0 fully saturated rings. The number of sulfonamides is 1. The van der Waals surface area contributed by atoms with E-state index in [2.05, 4.69) is 11.3 Å². The maximum atomic E-state index is 12.0. The fraction of sp³-hybridized carbons (Fsp3) is 0.429. The molecule has 1 rings (SSSR count). The standard InChI is InChI=1S/C14H21NO3S/c1-5-14(16,12-9-7-6-8-10-12)11-15-19(17,18)13(2,3)4/h5-10,15-16H,1,11H2,2-4H3/t14-/m1/s1. The molecule has 0 unspecified atom stereocenters. The van der Waals surface area contributed by atoms with Gasteiger partial charge in [-0.1, -0.05) is 43.0 Å². The predicted molar refractivity (Wildman–Crippen MR) is 77.2 cm³/mol. The van der Waals surface area contributed by atoms with Gasteiger partial charge >= 0.3 is 0 Å². The molecule has 0 heterocycles. The van der Waals surface area contributed by atoms with Gasteiger partial charge in [0.05, 0.1) is 4.75 Å². The summed E-state index contributed by atoms with van der Waals surface area (Å²) in [4.78, 5) is 0. The minimum absolute atomic E-state index is 0.139. The molecule has 106 valence electrons. The minimum atomic E-state index is -3.51. The zero-order chi connectivity index (χ0) is 14.7. The van der Waals surface area contributed by atoms with Crippen LogP contribution in [-0.2, 0) is 15.6 Å². The molecular formula is C14H21NO3S. The van der Waals surface area contributed by atoms with Crippen molar-refractivity contribution in [3.05, 3.63) is 48.6 Å². The van der Waals surface area contributed by atoms with E-state index in [0.29, 0.717) is 5.56 Å². The van der Waals surface area contributed by atoms with Gasteiger partial charge in [-0.25, -0.2) is 13.1 Å². The van der Waals surface area contributed by atoms with Crippen LogP contribution in [0, 0.1) is 0 Å². The topological polar surface area (TPSA) is 66.4 Å². The van der Waals surface area contributed by atoms with E-state index in [1.807, 2.05) is 6.07 Å². The number of aliphatic hydroxyl groups is 1. The van der Waals surface area contributed by atoms with Crippen molar-refractivity contribution >= 4 is 10.0 Å². The third-order valence-electron chi connectivity index (χ3n) is 2.95. The van der Waals surface area contributed by atoms with Crippen LogP contribution in [0.1, 0.15) is 26.3 Å². The zero-order valence-electron chi connectivity index (χ0n) is 11.6. The summed E-state index contributed by atoms with van der Waals surface area (Å²) in [5.74, 6) is 0. The first kappa shape index (κ1) is 15.9. The molecule has 0 radical (unpaired) electrons. The molecule has 0 saturated heterocycles. The van der Waals surface area contributed by atoms with E-state index < -0.39 is 20.4 Å². The van der Waals surface area contributed by atoms with E-state index in [1.165, 1.54) is 6.08 Å². The Kier molecular flexibility index (Phi) is 4.55. The first-order valence-electron chi connectivity index (χ1n) is 6.03. The Morgan fingerprint density at radius 1 is 1.26 bits per heavy atom. The van der Waals surface area contributed by atoms with Gasteiger partial charge in [0.1, 0.15) is 5.60 Å². The van der Waals surface area contributed by atoms with Crippen molar-refractivity contribution in [1.82, 2.24) is 4.72 Å². The normalized spacial score (nSPS) is 15.8. The fourth-order valence-electron chi connectivity index (χ4n) is 1.44. The van der Waals surface area contributed by atoms with Crippen molar-refractivity contribution in [3.8, 4) is 0 Å². The summed E-state index contributed by atoms with van der Waals surface area (Å²) >= 11 is 0. The smallest absolute Gasteiger partial charge is 0.216 e. The monoisotopic (exact) mass is 283 g/mol. The second-order valence-corrected chi connectivity index (χ2v) is 7.95. The van der Waals surface area contributed by atoms with Crippen LogP contribution in [0.15, 0.2) is 43.0 Å². The molecule has 1 aromatic carbocycles. The molecule has 0 aliphatic rings. The van der Waals surface area contributed by atoms with Crippen molar-refractivity contribution in [3.63, 3.8) is 0 Å². The summed E-state index contributed by atoms with van der Waals surface area (Å²) in [7, 11) is -3.51. The Balaban J connectivity index is 2.94. The molecule has 0 amide bonds. The lowest BCUT2D eigenvalue weighted by atomic mass is 9.94. The van der Waals surface area contributed by atoms with Gasteiger partial charge < -0.3 is 5.11 Å². The van der Waals surface area contributed by atoms with Crippen molar-refractivity contribution in [2.24, 2.45) is 0 Å². The van der Waals surface area contributed by atoms with Gasteiger partial charge in [-0.2, -0.15) is 0 Å². The Labute approximate surface area is 115 Å². The summed E-state index contributed by atoms with van der Waals surface area (Å²) in [5, 5.41) is 10.5. The molecule has 2 N–H and O–H groups in total. The molecule has 0 aromatic heterocycles. The summed E-state index contributed by atoms with van der Waals surface area (Å²) in [6.45, 7) is 8.25. The lowest BCUT2D eigenvalue weighted by Gasteiger charge is -2.28. The molecule has 1 aromatic rings. The van der Waals surface area contributed by atoms with Crippen LogP contribution in [0.4, 0.5) is 0 Å². The maximum Gasteiger partial charge on any atom is 0.216 e. The van der Waals surface area contributed by atoms with Crippen LogP contribution in [0.25, 0.3) is 0 Å². The highest BCUT2D eigenvalue weighted by molar-refractivity contribution is 7.90. The minimum Gasteiger partial charge on any atom is -0.380 e. The highest BCUT2D eigenvalue weighted by Crippen LogP contribution is 2.22. The van der Waals surface area contributed by atoms with Crippen molar-refractivity contribution in [2.75, 3.05) is 6.54 Å². The van der Waals surface area contributed by atoms with Gasteiger partial charge in [-0.15, -0.1) is 0 Å². The van der Waals surface area contributed by atoms with Crippen LogP contribution >= 0.6 is 0 Å². The molecule has 0 spiro atoms. The predicted octanol–water partition coefficient (Wildman–Crippen LogP) is 1.78. The lowest BCUT2D eigenvalue weighted by Crippen LogP contribution is -2.45. The van der Waals surface area contributed by atoms with Crippen molar-refractivity contribution in [2.45, 2.75) is 31.1 Å². The van der Waals surface area contributed by atoms with Gasteiger partial charge in [0.2, 0.25) is 10.0 Å². The number of hydrogen-bond acceptors (Lipinski definition) is 3. The number of hydrogen-bond donors (Lipinski definition) is 2. The molecule has 5 heteroatoms. The van der Waals surface area contributed by atoms with Crippen molar-refractivity contribution < 1.29 is 13.5 Å². The summed E-state index contributed by atoms with van der Waals surface area (Å²) in [5.41, 5.74) is -0.818. The van der Waals surface area contributed by atoms with E-state index in [0.717, 1.165) is 0 Å². The van der Waals surface area contributed by atoms with Gasteiger partial charge in [-0.05, 0) is 26.3 Å². The quantitative estimate of drug-likeness (QED) is 0.810. The zero-order valence-corrected chi connectivity index (χ0v) is 12.4. The first-order valence-corrected chi connectivity index (χ1v) is 7.51. The third kappa shape index (κ3) is 3.65. The number of nitrogens with one attached hydrogen (secondary N) is 1. The van der Waals surface area contributed by atoms with Crippen LogP contribution in [-0.4, -0.2) is 24.8 Å². The van der Waals surface area contributed by atoms with Crippen LogP contribution in [0.2, 0.25) is 0 Å². The molecule has 4 nitrogen and oxygen atoms in total. The second kappa shape index (κ2) is 5.45. The average molecular weight is 283 g/mol. The second-order valence-electron chi connectivity index (χ2n) is 5.43. The highest BCUT2D eigenvalue weighted by Gasteiger charge is 2.33. The van der Waals surface area contributed by atoms with E-state index in [1.54, 1.807) is 45.0 Å². The number of rotatable bonds is 5. The highest BCUT2D eigenvalue weighted by atomic mass is 32.2. The van der Waals surface area contributed by atoms with Crippen LogP contribution in [0.5, 0.6) is 0 Å². The Hall–Kier alpha value is -1.17. The Morgan fingerprint density at radius 2 is 1.79 bits per heavy atom. The molecule has 1 atom stereocenters. The Bertz CT molecular complexity index is 532. The van der Waals surface area contributed by atoms with Gasteiger partial charge in [0, 0.05) is 6.54 Å². The molecule has 0 bridgehead atoms. The molecule has 0 aliphatic carbocycles. The third-order valence-corrected chi connectivity index (χ3v) is 5.09. The fourth-order valence-corrected chi connectivity index (χ4v) is 2.28. The first-order chi connectivity index (χ1) is 8.62. The van der Waals surface area contributed by atoms with Crippen LogP contribution in [0.3, 0.4) is 0 Å². The molecule has 19 heavy (non-hydrogen) atoms. The van der Waals surface area contributed by atoms with Crippen LogP contribution < -0.4 is 4.72 Å². The maximum absolute atomic E-state index is 12.0. The van der Waals surface area contributed by atoms with E-state index >= 15 is 0 Å². The summed E-state index contributed by atoms with van der Waals surface area (Å²) in [6.07, 6.45) is 1.34. The van der Waals surface area contributed by atoms with Crippen molar-refractivity contribution in [1.29, 1.82) is 0 Å². The summed E-state index contributed by atoms with van der Waals surface area (Å²) in [6, 6.07) is 8.84. The molecular weight excluding hydrogens is 262 g/mol. The Morgan fingerprint density at radius 3 is 2.21 bits per heavy atom. The van der Waals surface area contributed by atoms with Gasteiger partial charge in [0.25, 0.3) is 0 Å². The lowest BCUT2D eigenvalue weighted by molar-refractivity contribution is 0.0949. The number of benzene rings is 1. The molecule has 0 aliphatic heterocycles. The SMILES string of the molecule is C=C[C@@](O)(CNS(=O)(=O)C(C)(C)C)c1ccccc1. The van der Waals surface area contributed by atoms with Gasteiger partial charge in [-0.3, -0.25) is 0 Å². The largest absolute Gasteiger partial charge is 0.380 e. The van der Waals surface area contributed by atoms with E-state index in [-0.39, 0.29) is 6.54 Å². The molecule has 0 saturated carbocycles. The average Bonchev–Trinajstić information content (AvgIpc) is 2.36. The van der Waals surface area contributed by atoms with Gasteiger partial charge in [0.15, 0.2) is 0 Å². The summed E-state index contributed by atoms with van der Waals surface area (Å²) < 4.78 is 25.5.